The third-order valence-corrected chi connectivity index (χ3v) is 3.88. The summed E-state index contributed by atoms with van der Waals surface area (Å²) >= 11 is 0. The molecule has 1 saturated heterocycles. The van der Waals surface area contributed by atoms with Crippen LogP contribution in [0.15, 0.2) is 24.3 Å². The Hall–Kier alpha value is -1.60. The van der Waals surface area contributed by atoms with Gasteiger partial charge in [-0.15, -0.1) is 0 Å². The van der Waals surface area contributed by atoms with Crippen molar-refractivity contribution in [3.63, 3.8) is 0 Å². The van der Waals surface area contributed by atoms with Crippen molar-refractivity contribution in [3.05, 3.63) is 35.4 Å². The number of carboxylic acid groups (broad SMARTS) is 1. The summed E-state index contributed by atoms with van der Waals surface area (Å²) in [5.41, 5.74) is 1.20. The molecule has 0 saturated carbocycles. The number of carbonyl (C=O) groups is 1. The number of nitrogens with zero attached hydrogens (tertiary/aromatic N) is 2. The Labute approximate surface area is 133 Å². The standard InChI is InChI=1S/C16H21F3N2O2/c1-12-8-20(6-7-21(9-12)11-16(17,18)19)10-13-2-4-14(5-3-13)15(22)23/h2-5,12H,6-11H2,1H3,(H,22,23). The maximum absolute atomic E-state index is 12.5. The van der Waals surface area contributed by atoms with Gasteiger partial charge in [0, 0.05) is 32.7 Å². The van der Waals surface area contributed by atoms with E-state index in [0.29, 0.717) is 26.2 Å². The Balaban J connectivity index is 1.94. The molecule has 2 rings (SSSR count). The van der Waals surface area contributed by atoms with Crippen LogP contribution in [-0.2, 0) is 6.54 Å². The molecule has 0 bridgehead atoms. The summed E-state index contributed by atoms with van der Waals surface area (Å²) in [6.45, 7) is 3.83. The van der Waals surface area contributed by atoms with Crippen LogP contribution < -0.4 is 0 Å². The number of hydrogen-bond acceptors (Lipinski definition) is 3. The number of alkyl halides is 3. The average Bonchev–Trinajstić information content (AvgIpc) is 2.59. The van der Waals surface area contributed by atoms with Gasteiger partial charge in [-0.05, 0) is 23.6 Å². The summed E-state index contributed by atoms with van der Waals surface area (Å²) in [5, 5.41) is 8.88. The number of benzene rings is 1. The molecule has 1 aliphatic rings. The molecular weight excluding hydrogens is 309 g/mol. The van der Waals surface area contributed by atoms with Gasteiger partial charge in [-0.2, -0.15) is 13.2 Å². The molecule has 1 fully saturated rings. The first-order valence-electron chi connectivity index (χ1n) is 7.56. The second-order valence-electron chi connectivity index (χ2n) is 6.19. The quantitative estimate of drug-likeness (QED) is 0.922. The SMILES string of the molecule is CC1CN(Cc2ccc(C(=O)O)cc2)CCN(CC(F)(F)F)C1. The molecule has 0 aromatic heterocycles. The van der Waals surface area contributed by atoms with Crippen LogP contribution in [0.25, 0.3) is 0 Å². The molecule has 1 unspecified atom stereocenters. The van der Waals surface area contributed by atoms with Crippen LogP contribution in [0.2, 0.25) is 0 Å². The predicted molar refractivity (Wildman–Crippen MR) is 80.3 cm³/mol. The molecular formula is C16H21F3N2O2. The Morgan fingerprint density at radius 3 is 2.30 bits per heavy atom. The minimum absolute atomic E-state index is 0.151. The molecule has 128 valence electrons. The van der Waals surface area contributed by atoms with E-state index in [9.17, 15) is 18.0 Å². The number of rotatable bonds is 4. The van der Waals surface area contributed by atoms with Crippen molar-refractivity contribution < 1.29 is 23.1 Å². The zero-order valence-electron chi connectivity index (χ0n) is 13.0. The molecule has 0 radical (unpaired) electrons. The maximum Gasteiger partial charge on any atom is 0.401 e. The van der Waals surface area contributed by atoms with Crippen LogP contribution in [-0.4, -0.2) is 59.8 Å². The molecule has 0 amide bonds. The number of carboxylic acids is 1. The lowest BCUT2D eigenvalue weighted by molar-refractivity contribution is -0.146. The summed E-state index contributed by atoms with van der Waals surface area (Å²) in [5.74, 6) is -0.819. The highest BCUT2D eigenvalue weighted by Gasteiger charge is 2.32. The minimum atomic E-state index is -4.17. The van der Waals surface area contributed by atoms with Crippen LogP contribution in [0.5, 0.6) is 0 Å². The summed E-state index contributed by atoms with van der Waals surface area (Å²) in [4.78, 5) is 14.4. The van der Waals surface area contributed by atoms with E-state index in [1.165, 1.54) is 4.90 Å². The molecule has 7 heteroatoms. The Morgan fingerprint density at radius 1 is 1.17 bits per heavy atom. The first kappa shape index (κ1) is 17.7. The Bertz CT molecular complexity index is 531. The maximum atomic E-state index is 12.5. The highest BCUT2D eigenvalue weighted by molar-refractivity contribution is 5.87. The molecule has 1 aromatic rings. The fourth-order valence-corrected chi connectivity index (χ4v) is 2.96. The molecule has 1 atom stereocenters. The molecule has 23 heavy (non-hydrogen) atoms. The first-order valence-corrected chi connectivity index (χ1v) is 7.56. The fraction of sp³-hybridized carbons (Fsp3) is 0.562. The van der Waals surface area contributed by atoms with E-state index in [1.807, 2.05) is 6.92 Å². The van der Waals surface area contributed by atoms with Crippen molar-refractivity contribution >= 4 is 5.97 Å². The lowest BCUT2D eigenvalue weighted by atomic mass is 10.1. The topological polar surface area (TPSA) is 43.8 Å². The Kier molecular flexibility index (Phi) is 5.64. The fourth-order valence-electron chi connectivity index (χ4n) is 2.96. The van der Waals surface area contributed by atoms with Crippen LogP contribution in [0.1, 0.15) is 22.8 Å². The van der Waals surface area contributed by atoms with Crippen molar-refractivity contribution in [1.29, 1.82) is 0 Å². The first-order chi connectivity index (χ1) is 10.7. The van der Waals surface area contributed by atoms with Crippen LogP contribution in [0, 0.1) is 5.92 Å². The van der Waals surface area contributed by atoms with Gasteiger partial charge in [0.05, 0.1) is 12.1 Å². The molecule has 0 aliphatic carbocycles. The van der Waals surface area contributed by atoms with E-state index in [-0.39, 0.29) is 11.5 Å². The number of aromatic carboxylic acids is 1. The average molecular weight is 330 g/mol. The normalized spacial score (nSPS) is 21.1. The van der Waals surface area contributed by atoms with Gasteiger partial charge in [0.15, 0.2) is 0 Å². The molecule has 1 N–H and O–H groups in total. The highest BCUT2D eigenvalue weighted by atomic mass is 19.4. The molecule has 0 spiro atoms. The van der Waals surface area contributed by atoms with Crippen LogP contribution in [0.4, 0.5) is 13.2 Å². The summed E-state index contributed by atoms with van der Waals surface area (Å²) in [6, 6.07) is 6.61. The lowest BCUT2D eigenvalue weighted by Crippen LogP contribution is -2.37. The van der Waals surface area contributed by atoms with Crippen molar-refractivity contribution in [2.24, 2.45) is 5.92 Å². The van der Waals surface area contributed by atoms with Gasteiger partial charge in [-0.3, -0.25) is 9.80 Å². The van der Waals surface area contributed by atoms with E-state index in [0.717, 1.165) is 12.1 Å². The van der Waals surface area contributed by atoms with E-state index in [2.05, 4.69) is 4.90 Å². The minimum Gasteiger partial charge on any atom is -0.478 e. The highest BCUT2D eigenvalue weighted by Crippen LogP contribution is 2.20. The van der Waals surface area contributed by atoms with Crippen LogP contribution >= 0.6 is 0 Å². The van der Waals surface area contributed by atoms with E-state index < -0.39 is 18.7 Å². The van der Waals surface area contributed by atoms with Gasteiger partial charge >= 0.3 is 12.1 Å². The van der Waals surface area contributed by atoms with Crippen molar-refractivity contribution in [1.82, 2.24) is 9.80 Å². The zero-order valence-corrected chi connectivity index (χ0v) is 13.0. The predicted octanol–water partition coefficient (Wildman–Crippen LogP) is 2.70. The van der Waals surface area contributed by atoms with Gasteiger partial charge in [-0.1, -0.05) is 19.1 Å². The number of hydrogen-bond donors (Lipinski definition) is 1. The van der Waals surface area contributed by atoms with E-state index in [1.54, 1.807) is 24.3 Å². The molecule has 4 nitrogen and oxygen atoms in total. The molecule has 1 heterocycles. The van der Waals surface area contributed by atoms with Gasteiger partial charge in [0.1, 0.15) is 0 Å². The summed E-state index contributed by atoms with van der Waals surface area (Å²) < 4.78 is 37.6. The number of halogens is 3. The van der Waals surface area contributed by atoms with Gasteiger partial charge < -0.3 is 5.11 Å². The van der Waals surface area contributed by atoms with E-state index in [4.69, 9.17) is 5.11 Å². The Morgan fingerprint density at radius 2 is 1.74 bits per heavy atom. The second kappa shape index (κ2) is 7.31. The summed E-state index contributed by atoms with van der Waals surface area (Å²) in [7, 11) is 0. The van der Waals surface area contributed by atoms with Crippen molar-refractivity contribution in [2.45, 2.75) is 19.6 Å². The van der Waals surface area contributed by atoms with Crippen molar-refractivity contribution in [2.75, 3.05) is 32.7 Å². The van der Waals surface area contributed by atoms with Gasteiger partial charge in [0.2, 0.25) is 0 Å². The monoisotopic (exact) mass is 330 g/mol. The van der Waals surface area contributed by atoms with Crippen molar-refractivity contribution in [3.8, 4) is 0 Å². The molecule has 1 aromatic carbocycles. The largest absolute Gasteiger partial charge is 0.478 e. The third-order valence-electron chi connectivity index (χ3n) is 3.88. The summed E-state index contributed by atoms with van der Waals surface area (Å²) in [6.07, 6.45) is -4.17. The third kappa shape index (κ3) is 5.84. The van der Waals surface area contributed by atoms with Gasteiger partial charge in [0.25, 0.3) is 0 Å². The van der Waals surface area contributed by atoms with Crippen LogP contribution in [0.3, 0.4) is 0 Å². The lowest BCUT2D eigenvalue weighted by Gasteiger charge is -2.22. The zero-order chi connectivity index (χ0) is 17.0. The van der Waals surface area contributed by atoms with E-state index >= 15 is 0 Å². The molecule has 1 aliphatic heterocycles. The smallest absolute Gasteiger partial charge is 0.401 e. The van der Waals surface area contributed by atoms with Gasteiger partial charge in [-0.25, -0.2) is 4.79 Å². The second-order valence-corrected chi connectivity index (χ2v) is 6.19.